The van der Waals surface area contributed by atoms with Crippen LogP contribution in [0.15, 0.2) is 583 Å². The maximum absolute atomic E-state index is 4.29. The first-order chi connectivity index (χ1) is 73.0. The summed E-state index contributed by atoms with van der Waals surface area (Å²) in [5, 5.41) is 15.0. The smallest absolute Gasteiger partial charge is 0.0618 e. The van der Waals surface area contributed by atoms with Gasteiger partial charge in [0, 0.05) is 126 Å². The number of anilines is 15. The predicted molar refractivity (Wildman–Crippen MR) is 632 cm³/mol. The van der Waals surface area contributed by atoms with Crippen LogP contribution >= 0.6 is 0 Å². The molecule has 148 heavy (non-hydrogen) atoms. The minimum Gasteiger partial charge on any atom is -0.310 e. The molecule has 0 atom stereocenters. The molecule has 2 aromatic heterocycles. The third-order valence-electron chi connectivity index (χ3n) is 27.0. The molecule has 0 saturated heterocycles. The van der Waals surface area contributed by atoms with Crippen LogP contribution in [0.1, 0.15) is 27.8 Å². The second-order valence-electron chi connectivity index (χ2n) is 37.3. The summed E-state index contributed by atoms with van der Waals surface area (Å²) in [6, 6.07) is 198. The number of hydrogen-bond acceptors (Lipinski definition) is 7. The Kier molecular flexibility index (Phi) is 28.9. The van der Waals surface area contributed by atoms with Crippen LogP contribution in [-0.4, -0.2) is 9.97 Å². The van der Waals surface area contributed by atoms with E-state index in [4.69, 9.17) is 0 Å². The third-order valence-corrected chi connectivity index (χ3v) is 27.0. The summed E-state index contributed by atoms with van der Waals surface area (Å²) in [6.45, 7) is 10.7. The van der Waals surface area contributed by atoms with Gasteiger partial charge in [-0.1, -0.05) is 393 Å². The average molecular weight is 1900 g/mol. The molecule has 2 heterocycles. The van der Waals surface area contributed by atoms with E-state index in [9.17, 15) is 0 Å². The van der Waals surface area contributed by atoms with Crippen molar-refractivity contribution in [2.45, 2.75) is 34.6 Å². The third kappa shape index (κ3) is 21.8. The molecule has 0 amide bonds. The molecular weight excluding hydrogens is 1790 g/mol. The van der Waals surface area contributed by atoms with Crippen molar-refractivity contribution in [3.05, 3.63) is 611 Å². The van der Waals surface area contributed by atoms with E-state index in [1.807, 2.05) is 30.7 Å². The Morgan fingerprint density at radius 3 is 0.865 bits per heavy atom. The van der Waals surface area contributed by atoms with Crippen LogP contribution in [0.25, 0.3) is 109 Å². The summed E-state index contributed by atoms with van der Waals surface area (Å²) in [6.07, 6.45) is 7.43. The van der Waals surface area contributed by atoms with E-state index >= 15 is 0 Å². The highest BCUT2D eigenvalue weighted by Gasteiger charge is 2.24. The Morgan fingerprint density at radius 2 is 0.419 bits per heavy atom. The summed E-state index contributed by atoms with van der Waals surface area (Å²) in [5.74, 6) is 0. The molecule has 25 aromatic rings. The lowest BCUT2D eigenvalue weighted by atomic mass is 9.97. The van der Waals surface area contributed by atoms with Crippen LogP contribution in [0.5, 0.6) is 0 Å². The molecule has 23 aromatic carbocycles. The Morgan fingerprint density at radius 1 is 0.135 bits per heavy atom. The molecule has 7 heteroatoms. The molecule has 0 aliphatic heterocycles. The molecule has 0 spiro atoms. The number of benzene rings is 23. The van der Waals surface area contributed by atoms with E-state index < -0.39 is 0 Å². The van der Waals surface area contributed by atoms with Gasteiger partial charge >= 0.3 is 0 Å². The van der Waals surface area contributed by atoms with Gasteiger partial charge in [-0.3, -0.25) is 9.97 Å². The first kappa shape index (κ1) is 95.1. The van der Waals surface area contributed by atoms with Crippen LogP contribution < -0.4 is 24.5 Å². The highest BCUT2D eigenvalue weighted by Crippen LogP contribution is 2.49. The summed E-state index contributed by atoms with van der Waals surface area (Å²) in [5.41, 5.74) is 32.9. The van der Waals surface area contributed by atoms with Gasteiger partial charge in [0.05, 0.1) is 17.1 Å². The zero-order valence-corrected chi connectivity index (χ0v) is 83.6. The fourth-order valence-corrected chi connectivity index (χ4v) is 19.7. The Bertz CT molecular complexity index is 8630. The molecule has 0 aliphatic carbocycles. The van der Waals surface area contributed by atoms with Gasteiger partial charge in [0.15, 0.2) is 0 Å². The lowest BCUT2D eigenvalue weighted by molar-refractivity contribution is 1.27. The number of fused-ring (bicyclic) bond motifs is 6. The number of aromatic nitrogens is 2. The van der Waals surface area contributed by atoms with Crippen molar-refractivity contribution in [3.63, 3.8) is 0 Å². The van der Waals surface area contributed by atoms with Gasteiger partial charge in [0.1, 0.15) is 0 Å². The van der Waals surface area contributed by atoms with Crippen LogP contribution in [0.3, 0.4) is 0 Å². The van der Waals surface area contributed by atoms with E-state index in [1.165, 1.54) is 149 Å². The minimum atomic E-state index is 1.10. The lowest BCUT2D eigenvalue weighted by Gasteiger charge is -2.28. The van der Waals surface area contributed by atoms with Gasteiger partial charge in [0.25, 0.3) is 0 Å². The number of hydrogen-bond donors (Lipinski definition) is 0. The molecule has 0 radical (unpaired) electrons. The van der Waals surface area contributed by atoms with Crippen molar-refractivity contribution >= 4 is 150 Å². The molecule has 0 aliphatic rings. The van der Waals surface area contributed by atoms with Gasteiger partial charge in [0.2, 0.25) is 0 Å². The fourth-order valence-electron chi connectivity index (χ4n) is 19.7. The maximum atomic E-state index is 4.29. The normalized spacial score (nSPS) is 10.9. The number of pyridine rings is 2. The quantitative estimate of drug-likeness (QED) is 0.0747. The number of aryl methyl sites for hydroxylation is 5. The highest BCUT2D eigenvalue weighted by molar-refractivity contribution is 6.16. The van der Waals surface area contributed by atoms with E-state index in [0.717, 1.165) is 73.4 Å². The van der Waals surface area contributed by atoms with Gasteiger partial charge in [-0.05, 0) is 304 Å². The zero-order chi connectivity index (χ0) is 100. The first-order valence-electron chi connectivity index (χ1n) is 50.5. The topological polar surface area (TPSA) is 42.0 Å². The first-order valence-corrected chi connectivity index (χ1v) is 50.5. The summed E-state index contributed by atoms with van der Waals surface area (Å²) in [7, 11) is 0. The Balaban J connectivity index is 0.000000109. The number of para-hydroxylation sites is 3. The molecule has 0 unspecified atom stereocenters. The van der Waals surface area contributed by atoms with Crippen LogP contribution in [0.2, 0.25) is 0 Å². The zero-order valence-electron chi connectivity index (χ0n) is 83.6. The molecular formula is C141H111N7. The van der Waals surface area contributed by atoms with Gasteiger partial charge in [-0.2, -0.15) is 0 Å². The van der Waals surface area contributed by atoms with Crippen molar-refractivity contribution < 1.29 is 0 Å². The second-order valence-corrected chi connectivity index (χ2v) is 37.3. The second kappa shape index (κ2) is 45.0. The van der Waals surface area contributed by atoms with Crippen LogP contribution in [-0.2, 0) is 0 Å². The molecule has 25 rings (SSSR count). The number of rotatable bonds is 19. The monoisotopic (exact) mass is 1900 g/mol. The molecule has 710 valence electrons. The van der Waals surface area contributed by atoms with Gasteiger partial charge < -0.3 is 24.5 Å². The minimum absolute atomic E-state index is 1.10. The van der Waals surface area contributed by atoms with E-state index in [2.05, 4.69) is 615 Å². The SMILES string of the molecule is Cc1ccc(N(c2ccc(-c3cccnc3)cc2)c2cc(-c3ccccc3)cc(-c3ccccc3)c2)cc1.Cc1ccc(N(c2ccccc2)c2c3ccccc3cc3ccccc23)cc1.Cc1ccc(N(c2ccccc2)c2cccc3ccccc23)cc1.Cc1cccc(N(c2cccc(-c3cccnc3)c2)c2ccc3ccccc3c2)c1.Cc1cccc(N(c2ccccc2)c2c3ccccc3cc3ccccc23)c1. The van der Waals surface area contributed by atoms with Crippen molar-refractivity contribution in [2.75, 3.05) is 24.5 Å². The molecule has 0 bridgehead atoms. The highest BCUT2D eigenvalue weighted by atomic mass is 15.2. The van der Waals surface area contributed by atoms with Crippen LogP contribution in [0.4, 0.5) is 85.3 Å². The van der Waals surface area contributed by atoms with E-state index in [0.29, 0.717) is 0 Å². The molecule has 7 nitrogen and oxygen atoms in total. The van der Waals surface area contributed by atoms with E-state index in [1.54, 1.807) is 6.20 Å². The lowest BCUT2D eigenvalue weighted by Crippen LogP contribution is -2.11. The largest absolute Gasteiger partial charge is 0.310 e. The maximum Gasteiger partial charge on any atom is 0.0618 e. The van der Waals surface area contributed by atoms with Crippen LogP contribution in [0, 0.1) is 34.6 Å². The summed E-state index contributed by atoms with van der Waals surface area (Å²) < 4.78 is 0. The molecule has 0 fully saturated rings. The average Bonchev–Trinajstić information content (AvgIpc) is 0.751. The standard InChI is InChI=1S/C36H28N2.C28H22N2.2C27H21N.C23H19N/c1-27-14-18-34(19-15-27)38(35-20-16-30(17-21-35)31-13-8-22-37-26-31)36-24-32(28-9-4-2-5-10-28)23-33(25-36)29-11-6-3-7-12-29;1-21-7-4-12-26(17-21)30(28-15-14-22-8-2-3-9-23(22)18-28)27-13-5-10-24(19-27)25-11-6-16-29-20-25;1-20-10-9-15-24(18-20)28(23-13-3-2-4-14-23)27-25-16-7-5-11-21(25)19-22-12-6-8-17-26(22)27;1-20-15-17-24(18-16-20)28(23-11-3-2-4-12-23)27-25-13-7-5-9-21(25)19-22-10-6-8-14-26(22)27;1-18-14-16-21(17-15-18)24(20-10-3-2-4-11-20)23-13-7-9-19-8-5-6-12-22(19)23/h2-26H,1H3;2-20H,1H3;2*2-19H,1H3;2-17H,1H3. The van der Waals surface area contributed by atoms with Crippen molar-refractivity contribution in [1.29, 1.82) is 0 Å². The number of nitrogens with zero attached hydrogens (tertiary/aromatic N) is 7. The van der Waals surface area contributed by atoms with Crippen molar-refractivity contribution in [3.8, 4) is 44.5 Å². The summed E-state index contributed by atoms with van der Waals surface area (Å²) >= 11 is 0. The van der Waals surface area contributed by atoms with Gasteiger partial charge in [-0.15, -0.1) is 0 Å². The predicted octanol–water partition coefficient (Wildman–Crippen LogP) is 39.7. The summed E-state index contributed by atoms with van der Waals surface area (Å²) in [4.78, 5) is 20.3. The fraction of sp³-hybridized carbons (Fsp3) is 0.0355. The molecule has 0 N–H and O–H groups in total. The van der Waals surface area contributed by atoms with Gasteiger partial charge in [-0.25, -0.2) is 0 Å². The molecule has 0 saturated carbocycles. The Hall–Kier alpha value is -19.1. The van der Waals surface area contributed by atoms with Crippen molar-refractivity contribution in [1.82, 2.24) is 9.97 Å². The Labute approximate surface area is 868 Å². The van der Waals surface area contributed by atoms with Crippen molar-refractivity contribution in [2.24, 2.45) is 0 Å². The van der Waals surface area contributed by atoms with E-state index in [-0.39, 0.29) is 0 Å².